The smallest absolute Gasteiger partial charge is 0.203 e. The average molecular weight is 336 g/mol. The summed E-state index contributed by atoms with van der Waals surface area (Å²) >= 11 is 8.13. The van der Waals surface area contributed by atoms with Crippen LogP contribution < -0.4 is 5.73 Å². The van der Waals surface area contributed by atoms with Gasteiger partial charge in [0, 0.05) is 26.9 Å². The van der Waals surface area contributed by atoms with Gasteiger partial charge < -0.3 is 5.73 Å². The molecule has 0 amide bonds. The summed E-state index contributed by atoms with van der Waals surface area (Å²) in [4.78, 5) is 4.01. The molecule has 0 aliphatic rings. The summed E-state index contributed by atoms with van der Waals surface area (Å²) < 4.78 is 1.73. The summed E-state index contributed by atoms with van der Waals surface area (Å²) in [6.07, 6.45) is 3.41. The Bertz CT molecular complexity index is 450. The molecule has 0 aliphatic heterocycles. The van der Waals surface area contributed by atoms with Gasteiger partial charge in [-0.05, 0) is 31.9 Å². The van der Waals surface area contributed by atoms with E-state index in [1.165, 1.54) is 11.3 Å². The van der Waals surface area contributed by atoms with Crippen molar-refractivity contribution in [2.45, 2.75) is 0 Å². The van der Waals surface area contributed by atoms with Gasteiger partial charge in [-0.15, -0.1) is 10.2 Å². The minimum atomic E-state index is 0.454. The van der Waals surface area contributed by atoms with Crippen LogP contribution >= 0.6 is 43.2 Å². The quantitative estimate of drug-likeness (QED) is 0.870. The van der Waals surface area contributed by atoms with Crippen LogP contribution in [0.4, 0.5) is 5.13 Å². The molecule has 72 valence electrons. The maximum absolute atomic E-state index is 5.51. The predicted octanol–water partition coefficient (Wildman–Crippen LogP) is 2.71. The van der Waals surface area contributed by atoms with E-state index >= 15 is 0 Å². The van der Waals surface area contributed by atoms with Crippen LogP contribution in [0.15, 0.2) is 21.3 Å². The zero-order valence-corrected chi connectivity index (χ0v) is 10.7. The molecule has 0 radical (unpaired) electrons. The van der Waals surface area contributed by atoms with E-state index in [1.54, 1.807) is 12.4 Å². The Hall–Kier alpha value is -0.530. The number of rotatable bonds is 1. The predicted molar refractivity (Wildman–Crippen MR) is 63.0 cm³/mol. The molecule has 2 aromatic rings. The van der Waals surface area contributed by atoms with Crippen LogP contribution in [-0.2, 0) is 0 Å². The van der Waals surface area contributed by atoms with Crippen LogP contribution in [-0.4, -0.2) is 15.2 Å². The highest BCUT2D eigenvalue weighted by atomic mass is 79.9. The summed E-state index contributed by atoms with van der Waals surface area (Å²) in [6.45, 7) is 0. The SMILES string of the molecule is Nc1nnc(-c2c(Br)cncc2Br)s1. The highest BCUT2D eigenvalue weighted by Crippen LogP contribution is 2.36. The van der Waals surface area contributed by atoms with Gasteiger partial charge in [-0.1, -0.05) is 11.3 Å². The molecule has 0 saturated carbocycles. The minimum Gasteiger partial charge on any atom is -0.374 e. The topological polar surface area (TPSA) is 64.7 Å². The number of nitrogen functional groups attached to an aromatic ring is 1. The summed E-state index contributed by atoms with van der Waals surface area (Å²) in [7, 11) is 0. The summed E-state index contributed by atoms with van der Waals surface area (Å²) in [5.74, 6) is 0. The number of anilines is 1. The Kier molecular flexibility index (Phi) is 2.80. The fourth-order valence-corrected chi connectivity index (χ4v) is 3.20. The molecular formula is C7H4Br2N4S. The molecule has 0 aliphatic carbocycles. The molecule has 4 nitrogen and oxygen atoms in total. The highest BCUT2D eigenvalue weighted by Gasteiger charge is 2.12. The number of nitrogens with two attached hydrogens (primary N) is 1. The number of hydrogen-bond donors (Lipinski definition) is 1. The van der Waals surface area contributed by atoms with Gasteiger partial charge in [-0.3, -0.25) is 4.98 Å². The first-order valence-corrected chi connectivity index (χ1v) is 5.97. The van der Waals surface area contributed by atoms with Crippen molar-refractivity contribution in [2.24, 2.45) is 0 Å². The molecule has 2 rings (SSSR count). The van der Waals surface area contributed by atoms with Crippen LogP contribution in [0.1, 0.15) is 0 Å². The second-order valence-electron chi connectivity index (χ2n) is 2.42. The first-order valence-electron chi connectivity index (χ1n) is 3.57. The lowest BCUT2D eigenvalue weighted by atomic mass is 10.3. The molecule has 0 fully saturated rings. The molecule has 0 spiro atoms. The average Bonchev–Trinajstić information content (AvgIpc) is 2.51. The largest absolute Gasteiger partial charge is 0.374 e. The first kappa shape index (κ1) is 10.0. The zero-order chi connectivity index (χ0) is 10.1. The van der Waals surface area contributed by atoms with Crippen LogP contribution in [0.5, 0.6) is 0 Å². The third kappa shape index (κ3) is 1.79. The summed E-state index contributed by atoms with van der Waals surface area (Å²) in [5, 5.41) is 8.94. The Morgan fingerprint density at radius 3 is 2.29 bits per heavy atom. The van der Waals surface area contributed by atoms with E-state index in [4.69, 9.17) is 5.73 Å². The van der Waals surface area contributed by atoms with E-state index < -0.39 is 0 Å². The Morgan fingerprint density at radius 1 is 1.14 bits per heavy atom. The van der Waals surface area contributed by atoms with Gasteiger partial charge in [-0.2, -0.15) is 0 Å². The van der Waals surface area contributed by atoms with Crippen LogP contribution in [0.3, 0.4) is 0 Å². The molecule has 7 heteroatoms. The zero-order valence-electron chi connectivity index (χ0n) is 6.74. The van der Waals surface area contributed by atoms with Crippen molar-refractivity contribution in [3.8, 4) is 10.6 Å². The Balaban J connectivity index is 2.61. The number of pyridine rings is 1. The summed E-state index contributed by atoms with van der Waals surface area (Å²) in [5.41, 5.74) is 6.44. The van der Waals surface area contributed by atoms with Gasteiger partial charge in [0.05, 0.1) is 0 Å². The molecule has 0 aromatic carbocycles. The van der Waals surface area contributed by atoms with Gasteiger partial charge in [0.2, 0.25) is 5.13 Å². The molecular weight excluding hydrogens is 332 g/mol. The third-order valence-corrected chi connectivity index (χ3v) is 3.48. The normalized spacial score (nSPS) is 10.4. The van der Waals surface area contributed by atoms with E-state index in [1.807, 2.05) is 0 Å². The third-order valence-electron chi connectivity index (χ3n) is 1.51. The fourth-order valence-electron chi connectivity index (χ4n) is 0.951. The minimum absolute atomic E-state index is 0.454. The molecule has 0 atom stereocenters. The fraction of sp³-hybridized carbons (Fsp3) is 0. The van der Waals surface area contributed by atoms with Crippen molar-refractivity contribution >= 4 is 48.3 Å². The van der Waals surface area contributed by atoms with E-state index in [-0.39, 0.29) is 0 Å². The van der Waals surface area contributed by atoms with Crippen LogP contribution in [0.25, 0.3) is 10.6 Å². The van der Waals surface area contributed by atoms with Gasteiger partial charge >= 0.3 is 0 Å². The Labute approximate surface area is 101 Å². The van der Waals surface area contributed by atoms with Crippen molar-refractivity contribution in [1.29, 1.82) is 0 Å². The molecule has 0 unspecified atom stereocenters. The maximum Gasteiger partial charge on any atom is 0.203 e. The van der Waals surface area contributed by atoms with Gasteiger partial charge in [0.15, 0.2) is 5.01 Å². The molecule has 2 heterocycles. The number of nitrogens with zero attached hydrogens (tertiary/aromatic N) is 3. The number of halogens is 2. The molecule has 2 N–H and O–H groups in total. The second-order valence-corrected chi connectivity index (χ2v) is 5.14. The van der Waals surface area contributed by atoms with Crippen molar-refractivity contribution in [2.75, 3.05) is 5.73 Å². The first-order chi connectivity index (χ1) is 6.68. The van der Waals surface area contributed by atoms with E-state index in [0.717, 1.165) is 19.5 Å². The lowest BCUT2D eigenvalue weighted by molar-refractivity contribution is 1.10. The van der Waals surface area contributed by atoms with E-state index in [2.05, 4.69) is 47.0 Å². The number of hydrogen-bond acceptors (Lipinski definition) is 5. The van der Waals surface area contributed by atoms with Crippen LogP contribution in [0.2, 0.25) is 0 Å². The van der Waals surface area contributed by atoms with E-state index in [0.29, 0.717) is 5.13 Å². The molecule has 2 aromatic heterocycles. The lowest BCUT2D eigenvalue weighted by Crippen LogP contribution is -1.83. The lowest BCUT2D eigenvalue weighted by Gasteiger charge is -2.00. The standard InChI is InChI=1S/C7H4Br2N4S/c8-3-1-11-2-4(9)5(3)6-12-13-7(10)14-6/h1-2H,(H2,10,13). The Morgan fingerprint density at radius 2 is 1.79 bits per heavy atom. The van der Waals surface area contributed by atoms with Gasteiger partial charge in [0.25, 0.3) is 0 Å². The van der Waals surface area contributed by atoms with Crippen molar-refractivity contribution in [1.82, 2.24) is 15.2 Å². The van der Waals surface area contributed by atoms with Gasteiger partial charge in [-0.25, -0.2) is 0 Å². The molecule has 0 bridgehead atoms. The van der Waals surface area contributed by atoms with E-state index in [9.17, 15) is 0 Å². The molecule has 14 heavy (non-hydrogen) atoms. The second kappa shape index (κ2) is 3.92. The highest BCUT2D eigenvalue weighted by molar-refractivity contribution is 9.11. The molecule has 0 saturated heterocycles. The number of aromatic nitrogens is 3. The monoisotopic (exact) mass is 334 g/mol. The maximum atomic E-state index is 5.51. The van der Waals surface area contributed by atoms with Gasteiger partial charge in [0.1, 0.15) is 0 Å². The summed E-state index contributed by atoms with van der Waals surface area (Å²) in [6, 6.07) is 0. The van der Waals surface area contributed by atoms with Crippen molar-refractivity contribution in [3.05, 3.63) is 21.3 Å². The van der Waals surface area contributed by atoms with Crippen LogP contribution in [0, 0.1) is 0 Å². The van der Waals surface area contributed by atoms with Crippen molar-refractivity contribution in [3.63, 3.8) is 0 Å². The van der Waals surface area contributed by atoms with Crippen molar-refractivity contribution < 1.29 is 0 Å².